The van der Waals surface area contributed by atoms with Crippen molar-refractivity contribution in [1.82, 2.24) is 4.90 Å². The first-order valence-electron chi connectivity index (χ1n) is 7.88. The fraction of sp³-hybridized carbons (Fsp3) is 0.263. The Balaban J connectivity index is 1.78. The molecule has 0 saturated carbocycles. The summed E-state index contributed by atoms with van der Waals surface area (Å²) in [5, 5.41) is 19.0. The fourth-order valence-corrected chi connectivity index (χ4v) is 3.21. The number of nitriles is 1. The minimum Gasteiger partial charge on any atom is -0.392 e. The minimum atomic E-state index is -0.510. The fourth-order valence-electron chi connectivity index (χ4n) is 3.21. The summed E-state index contributed by atoms with van der Waals surface area (Å²) >= 11 is 0. The second-order valence-electron chi connectivity index (χ2n) is 6.09. The zero-order chi connectivity index (χ0) is 17.1. The monoisotopic (exact) mass is 321 g/mol. The summed E-state index contributed by atoms with van der Waals surface area (Å²) in [5.74, 6) is -0.397. The number of hydrogen-bond donors (Lipinski definition) is 2. The topological polar surface area (TPSA) is 90.3 Å². The normalized spacial score (nSPS) is 20.7. The molecule has 0 radical (unpaired) electrons. The predicted molar refractivity (Wildman–Crippen MR) is 90.6 cm³/mol. The van der Waals surface area contributed by atoms with Crippen LogP contribution in [0.5, 0.6) is 0 Å². The lowest BCUT2D eigenvalue weighted by Crippen LogP contribution is -2.39. The van der Waals surface area contributed by atoms with E-state index in [1.165, 1.54) is 0 Å². The minimum absolute atomic E-state index is 0.392. The van der Waals surface area contributed by atoms with Crippen LogP contribution in [-0.4, -0.2) is 34.6 Å². The van der Waals surface area contributed by atoms with Gasteiger partial charge in [0, 0.05) is 13.1 Å². The molecule has 2 atom stereocenters. The molecule has 5 heteroatoms. The van der Waals surface area contributed by atoms with Gasteiger partial charge in [-0.15, -0.1) is 0 Å². The van der Waals surface area contributed by atoms with Gasteiger partial charge in [0.2, 0.25) is 5.91 Å². The molecule has 1 saturated heterocycles. The van der Waals surface area contributed by atoms with Gasteiger partial charge in [-0.1, -0.05) is 42.5 Å². The maximum Gasteiger partial charge on any atom is 0.234 e. The summed E-state index contributed by atoms with van der Waals surface area (Å²) in [6.45, 7) is 1.01. The van der Waals surface area contributed by atoms with Gasteiger partial charge in [-0.25, -0.2) is 0 Å². The highest BCUT2D eigenvalue weighted by molar-refractivity contribution is 5.80. The van der Waals surface area contributed by atoms with Crippen LogP contribution < -0.4 is 5.73 Å². The van der Waals surface area contributed by atoms with Crippen LogP contribution in [0.25, 0.3) is 11.1 Å². The smallest absolute Gasteiger partial charge is 0.234 e. The van der Waals surface area contributed by atoms with Crippen LogP contribution in [0.3, 0.4) is 0 Å². The number of amides is 1. The number of carbonyl (C=O) groups excluding carboxylic acids is 1. The molecule has 1 aliphatic heterocycles. The van der Waals surface area contributed by atoms with Gasteiger partial charge < -0.3 is 10.8 Å². The largest absolute Gasteiger partial charge is 0.392 e. The molecule has 2 aromatic carbocycles. The molecular weight excluding hydrogens is 302 g/mol. The van der Waals surface area contributed by atoms with Gasteiger partial charge in [0.1, 0.15) is 0 Å². The zero-order valence-electron chi connectivity index (χ0n) is 13.2. The van der Waals surface area contributed by atoms with Crippen molar-refractivity contribution in [3.63, 3.8) is 0 Å². The number of hydrogen-bond acceptors (Lipinski definition) is 4. The number of rotatable bonds is 4. The molecule has 5 nitrogen and oxygen atoms in total. The second-order valence-corrected chi connectivity index (χ2v) is 6.09. The number of aliphatic hydroxyl groups excluding tert-OH is 1. The summed E-state index contributed by atoms with van der Waals surface area (Å²) in [5.41, 5.74) is 8.97. The summed E-state index contributed by atoms with van der Waals surface area (Å²) < 4.78 is 0. The number of benzene rings is 2. The van der Waals surface area contributed by atoms with Crippen LogP contribution >= 0.6 is 0 Å². The second kappa shape index (κ2) is 6.83. The third-order valence-corrected chi connectivity index (χ3v) is 4.41. The molecule has 122 valence electrons. The Hall–Kier alpha value is -2.68. The SMILES string of the molecule is N#Cc1ccccc1-c1ccc(CN2C[C@H](O)C[C@H]2C(N)=O)cc1. The van der Waals surface area contributed by atoms with E-state index in [1.54, 1.807) is 6.07 Å². The van der Waals surface area contributed by atoms with Crippen molar-refractivity contribution in [2.75, 3.05) is 6.54 Å². The highest BCUT2D eigenvalue weighted by Crippen LogP contribution is 2.25. The van der Waals surface area contributed by atoms with Gasteiger partial charge in [0.15, 0.2) is 0 Å². The van der Waals surface area contributed by atoms with Gasteiger partial charge in [-0.05, 0) is 29.2 Å². The lowest BCUT2D eigenvalue weighted by Gasteiger charge is -2.21. The number of aliphatic hydroxyl groups is 1. The molecule has 2 aromatic rings. The predicted octanol–water partition coefficient (Wildman–Crippen LogP) is 1.65. The molecule has 24 heavy (non-hydrogen) atoms. The van der Waals surface area contributed by atoms with E-state index in [-0.39, 0.29) is 0 Å². The van der Waals surface area contributed by atoms with E-state index in [1.807, 2.05) is 47.4 Å². The first-order chi connectivity index (χ1) is 11.6. The molecule has 0 spiro atoms. The number of likely N-dealkylation sites (tertiary alicyclic amines) is 1. The van der Waals surface area contributed by atoms with Gasteiger partial charge in [0.05, 0.1) is 23.8 Å². The quantitative estimate of drug-likeness (QED) is 0.896. The van der Waals surface area contributed by atoms with Gasteiger partial charge in [0.25, 0.3) is 0 Å². The molecule has 0 aliphatic carbocycles. The van der Waals surface area contributed by atoms with Crippen molar-refractivity contribution in [1.29, 1.82) is 5.26 Å². The van der Waals surface area contributed by atoms with Crippen molar-refractivity contribution in [3.05, 3.63) is 59.7 Å². The van der Waals surface area contributed by atoms with Crippen molar-refractivity contribution >= 4 is 5.91 Å². The summed E-state index contributed by atoms with van der Waals surface area (Å²) in [6, 6.07) is 17.2. The lowest BCUT2D eigenvalue weighted by atomic mass is 9.99. The van der Waals surface area contributed by atoms with Gasteiger partial charge in [-0.3, -0.25) is 9.69 Å². The third-order valence-electron chi connectivity index (χ3n) is 4.41. The molecule has 1 heterocycles. The number of nitrogens with zero attached hydrogens (tertiary/aromatic N) is 2. The van der Waals surface area contributed by atoms with Crippen LogP contribution in [0.15, 0.2) is 48.5 Å². The maximum absolute atomic E-state index is 11.5. The van der Waals surface area contributed by atoms with Crippen LogP contribution in [0.1, 0.15) is 17.5 Å². The van der Waals surface area contributed by atoms with Crippen LogP contribution in [0, 0.1) is 11.3 Å². The molecule has 1 aliphatic rings. The Morgan fingerprint density at radius 2 is 1.96 bits per heavy atom. The first-order valence-corrected chi connectivity index (χ1v) is 7.88. The van der Waals surface area contributed by atoms with Crippen molar-refractivity contribution < 1.29 is 9.90 Å². The average molecular weight is 321 g/mol. The highest BCUT2D eigenvalue weighted by atomic mass is 16.3. The average Bonchev–Trinajstić information content (AvgIpc) is 2.96. The molecule has 3 rings (SSSR count). The number of carbonyl (C=O) groups is 1. The number of primary amides is 1. The lowest BCUT2D eigenvalue weighted by molar-refractivity contribution is -0.122. The number of β-amino-alcohol motifs (C(OH)–C–C–N with tert-alkyl or cyclic N) is 1. The maximum atomic E-state index is 11.5. The summed E-state index contributed by atoms with van der Waals surface area (Å²) in [4.78, 5) is 13.4. The molecule has 0 bridgehead atoms. The van der Waals surface area contributed by atoms with Crippen LogP contribution in [-0.2, 0) is 11.3 Å². The summed E-state index contributed by atoms with van der Waals surface area (Å²) in [7, 11) is 0. The molecule has 0 unspecified atom stereocenters. The highest BCUT2D eigenvalue weighted by Gasteiger charge is 2.34. The molecule has 3 N–H and O–H groups in total. The van der Waals surface area contributed by atoms with E-state index in [0.29, 0.717) is 25.1 Å². The van der Waals surface area contributed by atoms with Crippen molar-refractivity contribution in [2.45, 2.75) is 25.1 Å². The van der Waals surface area contributed by atoms with Crippen molar-refractivity contribution in [3.8, 4) is 17.2 Å². The molecular formula is C19H19N3O2. The van der Waals surface area contributed by atoms with Gasteiger partial charge >= 0.3 is 0 Å². The van der Waals surface area contributed by atoms with Crippen molar-refractivity contribution in [2.24, 2.45) is 5.73 Å². The Morgan fingerprint density at radius 1 is 1.25 bits per heavy atom. The van der Waals surface area contributed by atoms with E-state index >= 15 is 0 Å². The molecule has 0 aromatic heterocycles. The van der Waals surface area contributed by atoms with E-state index in [0.717, 1.165) is 16.7 Å². The Bertz CT molecular complexity index is 780. The molecule has 1 amide bonds. The molecule has 1 fully saturated rings. The first kappa shape index (κ1) is 16.2. The van der Waals surface area contributed by atoms with E-state index in [9.17, 15) is 15.2 Å². The van der Waals surface area contributed by atoms with Crippen LogP contribution in [0.2, 0.25) is 0 Å². The Labute approximate surface area is 140 Å². The standard InChI is InChI=1S/C19H19N3O2/c20-10-15-3-1-2-4-17(15)14-7-5-13(6-8-14)11-22-12-16(23)9-18(22)19(21)24/h1-8,16,18,23H,9,11-12H2,(H2,21,24)/t16-,18+/m1/s1. The van der Waals surface area contributed by atoms with E-state index in [2.05, 4.69) is 6.07 Å². The number of nitrogens with two attached hydrogens (primary N) is 1. The van der Waals surface area contributed by atoms with Crippen LogP contribution in [0.4, 0.5) is 0 Å². The van der Waals surface area contributed by atoms with Gasteiger partial charge in [-0.2, -0.15) is 5.26 Å². The third kappa shape index (κ3) is 3.30. The van der Waals surface area contributed by atoms with E-state index < -0.39 is 18.1 Å². The zero-order valence-corrected chi connectivity index (χ0v) is 13.2. The Kier molecular flexibility index (Phi) is 4.61. The van der Waals surface area contributed by atoms with E-state index in [4.69, 9.17) is 5.73 Å². The Morgan fingerprint density at radius 3 is 2.62 bits per heavy atom. The summed E-state index contributed by atoms with van der Waals surface area (Å²) in [6.07, 6.45) is -0.118.